The summed E-state index contributed by atoms with van der Waals surface area (Å²) in [6.45, 7) is 4.51. The second-order valence-electron chi connectivity index (χ2n) is 3.80. The number of nitrogens with one attached hydrogen (secondary N) is 1. The van der Waals surface area contributed by atoms with Crippen molar-refractivity contribution in [1.29, 1.82) is 5.26 Å². The van der Waals surface area contributed by atoms with E-state index >= 15 is 0 Å². The molecule has 0 aromatic carbocycles. The van der Waals surface area contributed by atoms with Crippen LogP contribution in [0, 0.1) is 23.1 Å². The summed E-state index contributed by atoms with van der Waals surface area (Å²) < 4.78 is 12.7. The van der Waals surface area contributed by atoms with Gasteiger partial charge in [-0.15, -0.1) is 0 Å². The Bertz CT molecular complexity index is 356. The molecular formula is C12H16FN3. The van der Waals surface area contributed by atoms with E-state index in [2.05, 4.69) is 16.4 Å². The van der Waals surface area contributed by atoms with Crippen molar-refractivity contribution in [2.24, 2.45) is 5.92 Å². The third-order valence-corrected chi connectivity index (χ3v) is 2.41. The normalized spacial score (nSPS) is 14.1. The highest BCUT2D eigenvalue weighted by atomic mass is 19.1. The largest absolute Gasteiger partial charge is 0.307 e. The highest BCUT2D eigenvalue weighted by Gasteiger charge is 2.11. The fraction of sp³-hybridized carbons (Fsp3) is 0.500. The molecule has 4 heteroatoms. The second-order valence-corrected chi connectivity index (χ2v) is 3.80. The molecule has 1 rings (SSSR count). The van der Waals surface area contributed by atoms with Crippen molar-refractivity contribution in [2.75, 3.05) is 6.54 Å². The summed E-state index contributed by atoms with van der Waals surface area (Å²) in [6.07, 6.45) is 2.07. The molecule has 0 aliphatic heterocycles. The van der Waals surface area contributed by atoms with Crippen LogP contribution in [0.15, 0.2) is 18.3 Å². The zero-order valence-corrected chi connectivity index (χ0v) is 9.57. The van der Waals surface area contributed by atoms with Gasteiger partial charge < -0.3 is 5.32 Å². The van der Waals surface area contributed by atoms with Gasteiger partial charge in [0.05, 0.1) is 23.9 Å². The molecule has 0 amide bonds. The number of pyridine rings is 1. The number of aromatic nitrogens is 1. The summed E-state index contributed by atoms with van der Waals surface area (Å²) in [5.41, 5.74) is 0.814. The Labute approximate surface area is 95.3 Å². The molecule has 1 aromatic rings. The molecule has 16 heavy (non-hydrogen) atoms. The third-order valence-electron chi connectivity index (χ3n) is 2.41. The minimum Gasteiger partial charge on any atom is -0.307 e. The summed E-state index contributed by atoms with van der Waals surface area (Å²) in [4.78, 5) is 4.03. The molecule has 0 radical (unpaired) electrons. The van der Waals surface area contributed by atoms with E-state index in [9.17, 15) is 4.39 Å². The molecule has 0 saturated carbocycles. The van der Waals surface area contributed by atoms with Crippen LogP contribution in [0.1, 0.15) is 32.0 Å². The van der Waals surface area contributed by atoms with Gasteiger partial charge in [-0.2, -0.15) is 5.26 Å². The van der Waals surface area contributed by atoms with E-state index in [0.29, 0.717) is 6.54 Å². The number of hydrogen-bond donors (Lipinski definition) is 1. The lowest BCUT2D eigenvalue weighted by Gasteiger charge is -2.17. The number of nitrogens with zero attached hydrogens (tertiary/aromatic N) is 2. The van der Waals surface area contributed by atoms with E-state index < -0.39 is 0 Å². The van der Waals surface area contributed by atoms with Gasteiger partial charge in [-0.1, -0.05) is 6.92 Å². The predicted octanol–water partition coefficient (Wildman–Crippen LogP) is 2.42. The minimum atomic E-state index is -0.330. The maximum absolute atomic E-state index is 12.7. The van der Waals surface area contributed by atoms with E-state index in [1.165, 1.54) is 12.3 Å². The number of rotatable bonds is 5. The molecule has 86 valence electrons. The second kappa shape index (κ2) is 6.19. The zero-order valence-electron chi connectivity index (χ0n) is 9.57. The Balaban J connectivity index is 2.61. The van der Waals surface area contributed by atoms with Crippen LogP contribution in [0.3, 0.4) is 0 Å². The summed E-state index contributed by atoms with van der Waals surface area (Å²) in [7, 11) is 0. The quantitative estimate of drug-likeness (QED) is 0.830. The highest BCUT2D eigenvalue weighted by molar-refractivity contribution is 5.09. The van der Waals surface area contributed by atoms with E-state index in [-0.39, 0.29) is 17.8 Å². The Morgan fingerprint density at radius 2 is 2.31 bits per heavy atom. The molecule has 1 heterocycles. The Morgan fingerprint density at radius 3 is 2.81 bits per heavy atom. The molecule has 2 unspecified atom stereocenters. The first-order valence-electron chi connectivity index (χ1n) is 5.41. The van der Waals surface area contributed by atoms with Crippen LogP contribution in [0.4, 0.5) is 4.39 Å². The molecular weight excluding hydrogens is 205 g/mol. The van der Waals surface area contributed by atoms with E-state index in [1.54, 1.807) is 6.07 Å². The minimum absolute atomic E-state index is 0.0329. The maximum atomic E-state index is 12.7. The average Bonchev–Trinajstić information content (AvgIpc) is 2.31. The van der Waals surface area contributed by atoms with Crippen molar-refractivity contribution >= 4 is 0 Å². The van der Waals surface area contributed by atoms with Crippen molar-refractivity contribution in [3.8, 4) is 6.07 Å². The fourth-order valence-electron chi connectivity index (χ4n) is 1.42. The Kier molecular flexibility index (Phi) is 4.87. The van der Waals surface area contributed by atoms with Gasteiger partial charge in [0, 0.05) is 12.6 Å². The fourth-order valence-corrected chi connectivity index (χ4v) is 1.42. The van der Waals surface area contributed by atoms with E-state index in [0.717, 1.165) is 12.1 Å². The monoisotopic (exact) mass is 221 g/mol. The van der Waals surface area contributed by atoms with Gasteiger partial charge in [-0.05, 0) is 25.5 Å². The van der Waals surface area contributed by atoms with Gasteiger partial charge in [0.2, 0.25) is 0 Å². The van der Waals surface area contributed by atoms with Crippen LogP contribution in [0.5, 0.6) is 0 Å². The number of nitriles is 1. The summed E-state index contributed by atoms with van der Waals surface area (Å²) in [6, 6.07) is 5.32. The SMILES string of the molecule is CCC(NCC(C)C#N)c1ccc(F)cn1. The first-order valence-corrected chi connectivity index (χ1v) is 5.41. The first-order chi connectivity index (χ1) is 7.67. The lowest BCUT2D eigenvalue weighted by Crippen LogP contribution is -2.26. The molecule has 3 nitrogen and oxygen atoms in total. The smallest absolute Gasteiger partial charge is 0.141 e. The molecule has 0 spiro atoms. The average molecular weight is 221 g/mol. The molecule has 2 atom stereocenters. The molecule has 0 fully saturated rings. The van der Waals surface area contributed by atoms with Crippen LogP contribution in [0.25, 0.3) is 0 Å². The number of halogens is 1. The Morgan fingerprint density at radius 1 is 1.56 bits per heavy atom. The lowest BCUT2D eigenvalue weighted by molar-refractivity contribution is 0.477. The van der Waals surface area contributed by atoms with Crippen LogP contribution in [0.2, 0.25) is 0 Å². The summed E-state index contributed by atoms with van der Waals surface area (Å²) in [5.74, 6) is -0.363. The van der Waals surface area contributed by atoms with Crippen LogP contribution < -0.4 is 5.32 Å². The van der Waals surface area contributed by atoms with Crippen molar-refractivity contribution in [2.45, 2.75) is 26.3 Å². The van der Waals surface area contributed by atoms with Crippen LogP contribution in [-0.2, 0) is 0 Å². The van der Waals surface area contributed by atoms with Crippen LogP contribution in [-0.4, -0.2) is 11.5 Å². The van der Waals surface area contributed by atoms with Crippen molar-refractivity contribution < 1.29 is 4.39 Å². The number of hydrogen-bond acceptors (Lipinski definition) is 3. The molecule has 0 saturated heterocycles. The van der Waals surface area contributed by atoms with Gasteiger partial charge >= 0.3 is 0 Å². The van der Waals surface area contributed by atoms with E-state index in [1.807, 2.05) is 13.8 Å². The maximum Gasteiger partial charge on any atom is 0.141 e. The van der Waals surface area contributed by atoms with Gasteiger partial charge in [0.1, 0.15) is 5.82 Å². The predicted molar refractivity (Wildman–Crippen MR) is 60.0 cm³/mol. The molecule has 0 bridgehead atoms. The van der Waals surface area contributed by atoms with Crippen molar-refractivity contribution in [3.63, 3.8) is 0 Å². The molecule has 0 aliphatic carbocycles. The van der Waals surface area contributed by atoms with Gasteiger partial charge in [-0.3, -0.25) is 4.98 Å². The first kappa shape index (κ1) is 12.6. The standard InChI is InChI=1S/C12H16FN3/c1-3-11(15-7-9(2)6-14)12-5-4-10(13)8-16-12/h4-5,8-9,11,15H,3,7H2,1-2H3. The van der Waals surface area contributed by atoms with Crippen molar-refractivity contribution in [1.82, 2.24) is 10.3 Å². The summed E-state index contributed by atoms with van der Waals surface area (Å²) in [5, 5.41) is 11.9. The highest BCUT2D eigenvalue weighted by Crippen LogP contribution is 2.14. The topological polar surface area (TPSA) is 48.7 Å². The molecule has 0 aliphatic rings. The van der Waals surface area contributed by atoms with Gasteiger partial charge in [-0.25, -0.2) is 4.39 Å². The van der Waals surface area contributed by atoms with Crippen LogP contribution >= 0.6 is 0 Å². The molecule has 1 N–H and O–H groups in total. The summed E-state index contributed by atoms with van der Waals surface area (Å²) >= 11 is 0. The third kappa shape index (κ3) is 3.59. The van der Waals surface area contributed by atoms with Gasteiger partial charge in [0.25, 0.3) is 0 Å². The van der Waals surface area contributed by atoms with Crippen molar-refractivity contribution in [3.05, 3.63) is 29.8 Å². The lowest BCUT2D eigenvalue weighted by atomic mass is 10.1. The Hall–Kier alpha value is -1.47. The van der Waals surface area contributed by atoms with Gasteiger partial charge in [0.15, 0.2) is 0 Å². The zero-order chi connectivity index (χ0) is 12.0. The van der Waals surface area contributed by atoms with E-state index in [4.69, 9.17) is 5.26 Å². The molecule has 1 aromatic heterocycles.